The quantitative estimate of drug-likeness (QED) is 0.151. The Labute approximate surface area is 367 Å². The Morgan fingerprint density at radius 2 is 0.984 bits per heavy atom. The molecule has 0 radical (unpaired) electrons. The number of nitrogens with zero attached hydrogens (tertiary/aromatic N) is 2. The zero-order valence-electron chi connectivity index (χ0n) is 36.1. The van der Waals surface area contributed by atoms with Crippen LogP contribution in [0.2, 0.25) is 0 Å². The van der Waals surface area contributed by atoms with E-state index in [1.807, 2.05) is 0 Å². The van der Waals surface area contributed by atoms with Crippen molar-refractivity contribution >= 4 is 28.4 Å². The summed E-state index contributed by atoms with van der Waals surface area (Å²) < 4.78 is 0. The summed E-state index contributed by atoms with van der Waals surface area (Å²) in [5, 5.41) is 0. The van der Waals surface area contributed by atoms with Gasteiger partial charge in [0.05, 0.1) is 0 Å². The van der Waals surface area contributed by atoms with Crippen LogP contribution < -0.4 is 9.80 Å². The third kappa shape index (κ3) is 6.31. The highest BCUT2D eigenvalue weighted by atomic mass is 15.1. The number of para-hydroxylation sites is 1. The van der Waals surface area contributed by atoms with Gasteiger partial charge in [-0.1, -0.05) is 167 Å². The van der Waals surface area contributed by atoms with Gasteiger partial charge in [-0.3, -0.25) is 0 Å². The number of allylic oxidation sites excluding steroid dienone is 7. The molecule has 2 nitrogen and oxygen atoms in total. The molecule has 0 aliphatic heterocycles. The Hall–Kier alpha value is -6.90. The van der Waals surface area contributed by atoms with Crippen molar-refractivity contribution in [2.24, 2.45) is 5.92 Å². The molecule has 0 bridgehead atoms. The minimum absolute atomic E-state index is 0.0521. The second kappa shape index (κ2) is 14.9. The lowest BCUT2D eigenvalue weighted by atomic mass is 9.74. The van der Waals surface area contributed by atoms with E-state index in [-0.39, 0.29) is 10.8 Å². The summed E-state index contributed by atoms with van der Waals surface area (Å²) in [5.74, 6) is 0.919. The molecule has 0 amide bonds. The van der Waals surface area contributed by atoms with E-state index in [4.69, 9.17) is 0 Å². The van der Waals surface area contributed by atoms with Crippen molar-refractivity contribution in [2.45, 2.75) is 57.3 Å². The minimum atomic E-state index is -0.0552. The van der Waals surface area contributed by atoms with Crippen molar-refractivity contribution in [3.05, 3.63) is 234 Å². The standard InChI is InChI=1S/C60H52N2/c1-59(2)55-21-13-11-19-51(55)53-37-35-49(39-57(53)59)61(45-15-7-5-8-16-45)47-31-27-43(28-32-47)41-23-25-42(26-24-41)44-29-33-48(34-30-44)62(46-17-9-6-10-18-46)50-36-38-54-52-20-12-14-22-56(52)60(3,4)58(54)40-50/h5,7-9,11-40,51,55H,6,10H2,1-4H3. The second-order valence-electron chi connectivity index (χ2n) is 18.5. The molecular formula is C60H52N2. The molecule has 11 rings (SSSR count). The van der Waals surface area contributed by atoms with E-state index in [1.165, 1.54) is 72.7 Å². The lowest BCUT2D eigenvalue weighted by molar-refractivity contribution is 0.394. The smallest absolute Gasteiger partial charge is 0.0464 e. The third-order valence-corrected chi connectivity index (χ3v) is 14.2. The predicted molar refractivity (Wildman–Crippen MR) is 262 cm³/mol. The lowest BCUT2D eigenvalue weighted by Gasteiger charge is -2.30. The van der Waals surface area contributed by atoms with Gasteiger partial charge < -0.3 is 9.80 Å². The number of hydrogen-bond acceptors (Lipinski definition) is 2. The van der Waals surface area contributed by atoms with Gasteiger partial charge >= 0.3 is 0 Å². The summed E-state index contributed by atoms with van der Waals surface area (Å²) in [7, 11) is 0. The topological polar surface area (TPSA) is 6.48 Å². The molecule has 2 unspecified atom stereocenters. The maximum atomic E-state index is 2.44. The predicted octanol–water partition coefficient (Wildman–Crippen LogP) is 16.3. The molecule has 0 saturated heterocycles. The molecule has 62 heavy (non-hydrogen) atoms. The number of anilines is 5. The van der Waals surface area contributed by atoms with Gasteiger partial charge in [0.1, 0.15) is 0 Å². The Balaban J connectivity index is 0.860. The maximum absolute atomic E-state index is 2.44. The highest BCUT2D eigenvalue weighted by molar-refractivity contribution is 5.85. The molecule has 0 fully saturated rings. The highest BCUT2D eigenvalue weighted by Gasteiger charge is 2.44. The largest absolute Gasteiger partial charge is 0.311 e. The fraction of sp³-hybridized carbons (Fsp3) is 0.167. The van der Waals surface area contributed by atoms with Crippen LogP contribution in [0.5, 0.6) is 0 Å². The Kier molecular flexibility index (Phi) is 9.16. The van der Waals surface area contributed by atoms with Crippen molar-refractivity contribution in [1.82, 2.24) is 0 Å². The van der Waals surface area contributed by atoms with Crippen LogP contribution in [0.4, 0.5) is 28.4 Å². The summed E-state index contributed by atoms with van der Waals surface area (Å²) in [4.78, 5) is 4.82. The third-order valence-electron chi connectivity index (χ3n) is 14.2. The second-order valence-corrected chi connectivity index (χ2v) is 18.5. The van der Waals surface area contributed by atoms with Gasteiger partial charge in [0, 0.05) is 45.5 Å². The van der Waals surface area contributed by atoms with Crippen molar-refractivity contribution in [3.8, 4) is 33.4 Å². The van der Waals surface area contributed by atoms with Crippen LogP contribution >= 0.6 is 0 Å². The Bertz CT molecular complexity index is 2940. The van der Waals surface area contributed by atoms with Gasteiger partial charge in [-0.05, 0) is 147 Å². The van der Waals surface area contributed by atoms with Gasteiger partial charge in [0.2, 0.25) is 0 Å². The van der Waals surface area contributed by atoms with Gasteiger partial charge in [0.15, 0.2) is 0 Å². The molecular weight excluding hydrogens is 749 g/mol. The zero-order chi connectivity index (χ0) is 42.0. The van der Waals surface area contributed by atoms with Crippen molar-refractivity contribution in [1.29, 1.82) is 0 Å². The first kappa shape index (κ1) is 38.1. The van der Waals surface area contributed by atoms with Crippen molar-refractivity contribution in [3.63, 3.8) is 0 Å². The van der Waals surface area contributed by atoms with Crippen LogP contribution in [-0.4, -0.2) is 0 Å². The molecule has 7 aromatic rings. The molecule has 7 aromatic carbocycles. The summed E-state index contributed by atoms with van der Waals surface area (Å²) in [6, 6.07) is 61.0. The molecule has 0 spiro atoms. The zero-order valence-corrected chi connectivity index (χ0v) is 36.1. The Morgan fingerprint density at radius 3 is 1.66 bits per heavy atom. The van der Waals surface area contributed by atoms with Gasteiger partial charge in [-0.2, -0.15) is 0 Å². The van der Waals surface area contributed by atoms with E-state index >= 15 is 0 Å². The molecule has 0 heterocycles. The number of rotatable bonds is 8. The average molecular weight is 801 g/mol. The molecule has 0 N–H and O–H groups in total. The van der Waals surface area contributed by atoms with Crippen molar-refractivity contribution in [2.75, 3.05) is 9.80 Å². The fourth-order valence-corrected chi connectivity index (χ4v) is 10.8. The maximum Gasteiger partial charge on any atom is 0.0464 e. The van der Waals surface area contributed by atoms with E-state index in [0.717, 1.165) is 29.9 Å². The summed E-state index contributed by atoms with van der Waals surface area (Å²) in [5.41, 5.74) is 20.3. The first-order chi connectivity index (χ1) is 30.3. The fourth-order valence-electron chi connectivity index (χ4n) is 10.8. The first-order valence-electron chi connectivity index (χ1n) is 22.3. The molecule has 302 valence electrons. The van der Waals surface area contributed by atoms with Crippen LogP contribution in [0.1, 0.15) is 68.7 Å². The average Bonchev–Trinajstić information content (AvgIpc) is 3.69. The van der Waals surface area contributed by atoms with Crippen LogP contribution in [-0.2, 0) is 10.8 Å². The molecule has 2 heteroatoms. The summed E-state index contributed by atoms with van der Waals surface area (Å²) >= 11 is 0. The van der Waals surface area contributed by atoms with Crippen molar-refractivity contribution < 1.29 is 0 Å². The van der Waals surface area contributed by atoms with Crippen LogP contribution in [0, 0.1) is 5.92 Å². The summed E-state index contributed by atoms with van der Waals surface area (Å²) in [6.45, 7) is 9.53. The molecule has 0 saturated carbocycles. The molecule has 2 atom stereocenters. The number of hydrogen-bond donors (Lipinski definition) is 0. The van der Waals surface area contributed by atoms with Gasteiger partial charge in [-0.15, -0.1) is 0 Å². The number of fused-ring (bicyclic) bond motifs is 6. The van der Waals surface area contributed by atoms with E-state index in [9.17, 15) is 0 Å². The van der Waals surface area contributed by atoms with E-state index < -0.39 is 0 Å². The molecule has 4 aliphatic carbocycles. The molecule has 0 aromatic heterocycles. The van der Waals surface area contributed by atoms with E-state index in [0.29, 0.717) is 11.8 Å². The monoisotopic (exact) mass is 800 g/mol. The normalized spacial score (nSPS) is 18.4. The first-order valence-corrected chi connectivity index (χ1v) is 22.3. The van der Waals surface area contributed by atoms with Gasteiger partial charge in [-0.25, -0.2) is 0 Å². The Morgan fingerprint density at radius 1 is 0.452 bits per heavy atom. The lowest BCUT2D eigenvalue weighted by Crippen LogP contribution is -2.24. The van der Waals surface area contributed by atoms with Gasteiger partial charge in [0.25, 0.3) is 0 Å². The molecule has 4 aliphatic rings. The van der Waals surface area contributed by atoms with Crippen LogP contribution in [0.25, 0.3) is 33.4 Å². The summed E-state index contributed by atoms with van der Waals surface area (Å²) in [6.07, 6.45) is 18.3. The minimum Gasteiger partial charge on any atom is -0.311 e. The number of benzene rings is 7. The van der Waals surface area contributed by atoms with E-state index in [2.05, 4.69) is 244 Å². The highest BCUT2D eigenvalue weighted by Crippen LogP contribution is 2.54. The van der Waals surface area contributed by atoms with E-state index in [1.54, 1.807) is 0 Å². The SMILES string of the molecule is CC1(C)c2ccccc2-c2ccc(N(C3=CCCC=C3)c3ccc(-c4ccc(-c5ccc(N(c6ccccc6)c6ccc7c(c6)C(C)(C)C6C=CC=CC76)cc5)cc4)cc3)cc21. The van der Waals surface area contributed by atoms with Crippen LogP contribution in [0.15, 0.2) is 212 Å². The van der Waals surface area contributed by atoms with Crippen LogP contribution in [0.3, 0.4) is 0 Å².